The number of rotatable bonds is 5. The predicted molar refractivity (Wildman–Crippen MR) is 135 cm³/mol. The monoisotopic (exact) mass is 466 g/mol. The van der Waals surface area contributed by atoms with E-state index in [1.54, 1.807) is 0 Å². The molecule has 0 radical (unpaired) electrons. The Morgan fingerprint density at radius 1 is 1.03 bits per heavy atom. The zero-order chi connectivity index (χ0) is 23.8. The molecular formula is C26H38N6O2. The van der Waals surface area contributed by atoms with E-state index in [2.05, 4.69) is 64.1 Å². The van der Waals surface area contributed by atoms with Crippen LogP contribution in [0.25, 0.3) is 11.1 Å². The standard InChI is InChI=1S/C26H38N6O2/c1-17(2)28-26-27-15-23-21-9-4-18(16-31-12-10-30(3)11-13-31)14-22(21)25(34)32(24(23)29-26)19-5-7-20(33)8-6-19/h4,9,14-15,17,19-20,25,33-34H,5-8,10-13,16H2,1-3H3,(H,27,28,29). The molecule has 8 nitrogen and oxygen atoms in total. The first kappa shape index (κ1) is 23.5. The van der Waals surface area contributed by atoms with E-state index in [0.29, 0.717) is 5.95 Å². The van der Waals surface area contributed by atoms with Gasteiger partial charge >= 0.3 is 0 Å². The van der Waals surface area contributed by atoms with Crippen LogP contribution < -0.4 is 10.2 Å². The largest absolute Gasteiger partial charge is 0.393 e. The van der Waals surface area contributed by atoms with Crippen molar-refractivity contribution in [3.63, 3.8) is 0 Å². The van der Waals surface area contributed by atoms with Crippen LogP contribution in [0.1, 0.15) is 56.9 Å². The Hall–Kier alpha value is -2.26. The van der Waals surface area contributed by atoms with Gasteiger partial charge in [-0.25, -0.2) is 4.98 Å². The molecule has 8 heteroatoms. The molecule has 0 spiro atoms. The fraction of sp³-hybridized carbons (Fsp3) is 0.615. The minimum absolute atomic E-state index is 0.133. The van der Waals surface area contributed by atoms with Crippen LogP contribution in [0.15, 0.2) is 24.4 Å². The third-order valence-electron chi connectivity index (χ3n) is 7.44. The lowest BCUT2D eigenvalue weighted by Crippen LogP contribution is -2.44. The number of nitrogens with zero attached hydrogens (tertiary/aromatic N) is 5. The summed E-state index contributed by atoms with van der Waals surface area (Å²) in [5.41, 5.74) is 4.13. The smallest absolute Gasteiger partial charge is 0.224 e. The van der Waals surface area contributed by atoms with Crippen molar-refractivity contribution in [1.29, 1.82) is 0 Å². The van der Waals surface area contributed by atoms with Crippen LogP contribution in [-0.4, -0.2) is 81.4 Å². The Labute approximate surface area is 202 Å². The van der Waals surface area contributed by atoms with Gasteiger partial charge < -0.3 is 25.3 Å². The lowest BCUT2D eigenvalue weighted by Gasteiger charge is -2.43. The minimum atomic E-state index is -0.767. The normalized spacial score (nSPS) is 25.8. The van der Waals surface area contributed by atoms with Gasteiger partial charge in [0.1, 0.15) is 5.82 Å². The van der Waals surface area contributed by atoms with E-state index in [1.807, 2.05) is 6.20 Å². The third-order valence-corrected chi connectivity index (χ3v) is 7.44. The zero-order valence-corrected chi connectivity index (χ0v) is 20.6. The molecule has 0 amide bonds. The van der Waals surface area contributed by atoms with Crippen molar-refractivity contribution in [2.45, 2.75) is 70.5 Å². The molecule has 1 aromatic carbocycles. The number of aromatic nitrogens is 2. The molecule has 0 bridgehead atoms. The van der Waals surface area contributed by atoms with Gasteiger partial charge in [-0.3, -0.25) is 4.90 Å². The highest BCUT2D eigenvalue weighted by Crippen LogP contribution is 2.46. The van der Waals surface area contributed by atoms with Gasteiger partial charge in [-0.2, -0.15) is 4.98 Å². The van der Waals surface area contributed by atoms with Crippen LogP contribution >= 0.6 is 0 Å². The van der Waals surface area contributed by atoms with Gasteiger partial charge in [0.05, 0.1) is 6.10 Å². The number of likely N-dealkylation sites (N-methyl/N-ethyl adjacent to an activating group) is 1. The maximum Gasteiger partial charge on any atom is 0.224 e. The molecule has 34 heavy (non-hydrogen) atoms. The summed E-state index contributed by atoms with van der Waals surface area (Å²) >= 11 is 0. The number of hydrogen-bond donors (Lipinski definition) is 3. The molecule has 1 unspecified atom stereocenters. The van der Waals surface area contributed by atoms with Gasteiger partial charge in [0.15, 0.2) is 6.23 Å². The average molecular weight is 467 g/mol. The van der Waals surface area contributed by atoms with E-state index in [0.717, 1.165) is 80.9 Å². The summed E-state index contributed by atoms with van der Waals surface area (Å²) in [6.45, 7) is 9.33. The Balaban J connectivity index is 1.49. The third kappa shape index (κ3) is 4.77. The number of anilines is 2. The molecule has 2 aliphatic heterocycles. The van der Waals surface area contributed by atoms with Crippen LogP contribution in [0.3, 0.4) is 0 Å². The molecule has 1 saturated carbocycles. The topological polar surface area (TPSA) is 88.0 Å². The molecule has 2 aromatic rings. The summed E-state index contributed by atoms with van der Waals surface area (Å²) in [5.74, 6) is 1.36. The molecule has 2 fully saturated rings. The first-order chi connectivity index (χ1) is 16.4. The van der Waals surface area contributed by atoms with Gasteiger partial charge in [-0.05, 0) is 63.8 Å². The zero-order valence-electron chi connectivity index (χ0n) is 20.6. The number of nitrogens with one attached hydrogen (secondary N) is 1. The molecule has 1 aliphatic carbocycles. The molecule has 1 saturated heterocycles. The van der Waals surface area contributed by atoms with E-state index in [4.69, 9.17) is 4.98 Å². The van der Waals surface area contributed by atoms with Crippen LogP contribution in [0.4, 0.5) is 11.8 Å². The molecular weight excluding hydrogens is 428 g/mol. The van der Waals surface area contributed by atoms with Crippen molar-refractivity contribution >= 4 is 11.8 Å². The highest BCUT2D eigenvalue weighted by molar-refractivity contribution is 5.82. The summed E-state index contributed by atoms with van der Waals surface area (Å²) in [7, 11) is 2.17. The molecule has 5 rings (SSSR count). The Bertz CT molecular complexity index is 999. The van der Waals surface area contributed by atoms with Gasteiger partial charge in [0.25, 0.3) is 0 Å². The van der Waals surface area contributed by atoms with Gasteiger partial charge in [-0.15, -0.1) is 0 Å². The van der Waals surface area contributed by atoms with E-state index in [-0.39, 0.29) is 18.2 Å². The van der Waals surface area contributed by atoms with Crippen molar-refractivity contribution in [2.24, 2.45) is 0 Å². The van der Waals surface area contributed by atoms with Crippen molar-refractivity contribution in [3.05, 3.63) is 35.5 Å². The quantitative estimate of drug-likeness (QED) is 0.620. The minimum Gasteiger partial charge on any atom is -0.393 e. The number of aliphatic hydroxyl groups excluding tert-OH is 2. The molecule has 3 heterocycles. The summed E-state index contributed by atoms with van der Waals surface area (Å²) < 4.78 is 0. The number of fused-ring (bicyclic) bond motifs is 3. The highest BCUT2D eigenvalue weighted by atomic mass is 16.3. The van der Waals surface area contributed by atoms with Crippen LogP contribution in [0, 0.1) is 0 Å². The molecule has 1 atom stereocenters. The molecule has 184 valence electrons. The second-order valence-corrected chi connectivity index (χ2v) is 10.5. The lowest BCUT2D eigenvalue weighted by molar-refractivity contribution is 0.100. The lowest BCUT2D eigenvalue weighted by atomic mass is 9.87. The summed E-state index contributed by atoms with van der Waals surface area (Å²) in [4.78, 5) is 16.4. The van der Waals surface area contributed by atoms with E-state index >= 15 is 0 Å². The highest BCUT2D eigenvalue weighted by Gasteiger charge is 2.37. The first-order valence-corrected chi connectivity index (χ1v) is 12.7. The Morgan fingerprint density at radius 3 is 2.47 bits per heavy atom. The number of aliphatic hydroxyl groups is 2. The number of hydrogen-bond acceptors (Lipinski definition) is 8. The SMILES string of the molecule is CC(C)Nc1ncc2c(n1)N(C1CCC(O)CC1)C(O)c1cc(CN3CCN(C)CC3)ccc1-2. The Kier molecular flexibility index (Phi) is 6.75. The summed E-state index contributed by atoms with van der Waals surface area (Å²) in [5, 5.41) is 25.1. The van der Waals surface area contributed by atoms with Crippen molar-refractivity contribution in [3.8, 4) is 11.1 Å². The summed E-state index contributed by atoms with van der Waals surface area (Å²) in [6, 6.07) is 6.83. The second-order valence-electron chi connectivity index (χ2n) is 10.5. The van der Waals surface area contributed by atoms with Crippen molar-refractivity contribution in [1.82, 2.24) is 19.8 Å². The van der Waals surface area contributed by atoms with Crippen molar-refractivity contribution < 1.29 is 10.2 Å². The van der Waals surface area contributed by atoms with E-state index in [9.17, 15) is 10.2 Å². The van der Waals surface area contributed by atoms with E-state index in [1.165, 1.54) is 5.56 Å². The maximum atomic E-state index is 11.7. The first-order valence-electron chi connectivity index (χ1n) is 12.7. The number of piperazine rings is 1. The van der Waals surface area contributed by atoms with Gasteiger partial charge in [0.2, 0.25) is 5.95 Å². The predicted octanol–water partition coefficient (Wildman–Crippen LogP) is 2.83. The van der Waals surface area contributed by atoms with Gasteiger partial charge in [0, 0.05) is 62.1 Å². The van der Waals surface area contributed by atoms with Crippen LogP contribution in [-0.2, 0) is 6.54 Å². The van der Waals surface area contributed by atoms with E-state index < -0.39 is 6.23 Å². The number of benzene rings is 1. The summed E-state index contributed by atoms with van der Waals surface area (Å²) in [6.07, 6.45) is 4.06. The fourth-order valence-corrected chi connectivity index (χ4v) is 5.50. The average Bonchev–Trinajstić information content (AvgIpc) is 2.81. The molecule has 3 N–H and O–H groups in total. The van der Waals surface area contributed by atoms with Crippen LogP contribution in [0.5, 0.6) is 0 Å². The Morgan fingerprint density at radius 2 is 1.76 bits per heavy atom. The fourth-order valence-electron chi connectivity index (χ4n) is 5.50. The van der Waals surface area contributed by atoms with Gasteiger partial charge in [-0.1, -0.05) is 12.1 Å². The molecule has 1 aromatic heterocycles. The van der Waals surface area contributed by atoms with Crippen LogP contribution in [0.2, 0.25) is 0 Å². The molecule has 3 aliphatic rings. The second kappa shape index (κ2) is 9.77. The maximum absolute atomic E-state index is 11.7. The van der Waals surface area contributed by atoms with Crippen molar-refractivity contribution in [2.75, 3.05) is 43.4 Å².